The third-order valence-electron chi connectivity index (χ3n) is 2.54. The Bertz CT molecular complexity index is 512. The number of aromatic nitrogens is 2. The zero-order valence-electron chi connectivity index (χ0n) is 9.58. The van der Waals surface area contributed by atoms with Crippen molar-refractivity contribution in [3.8, 4) is 11.3 Å². The van der Waals surface area contributed by atoms with Crippen molar-refractivity contribution < 1.29 is 0 Å². The van der Waals surface area contributed by atoms with Crippen molar-refractivity contribution in [1.29, 1.82) is 0 Å². The van der Waals surface area contributed by atoms with E-state index in [1.165, 1.54) is 22.3 Å². The fourth-order valence-corrected chi connectivity index (χ4v) is 2.36. The Kier molecular flexibility index (Phi) is 3.06. The predicted molar refractivity (Wildman–Crippen MR) is 69.4 cm³/mol. The Morgan fingerprint density at radius 1 is 1.00 bits per heavy atom. The van der Waals surface area contributed by atoms with E-state index in [1.807, 2.05) is 0 Å². The molecule has 1 heterocycles. The van der Waals surface area contributed by atoms with Crippen molar-refractivity contribution in [3.63, 3.8) is 0 Å². The van der Waals surface area contributed by atoms with Crippen LogP contribution in [0.15, 0.2) is 29.1 Å². The Hall–Kier alpha value is -1.22. The third-order valence-corrected chi connectivity index (χ3v) is 2.92. The van der Waals surface area contributed by atoms with Gasteiger partial charge in [0, 0.05) is 5.56 Å². The topological polar surface area (TPSA) is 25.8 Å². The minimum Gasteiger partial charge on any atom is -0.260 e. The van der Waals surface area contributed by atoms with Gasteiger partial charge in [0.1, 0.15) is 4.60 Å². The predicted octanol–water partition coefficient (Wildman–Crippen LogP) is 3.83. The van der Waals surface area contributed by atoms with Gasteiger partial charge < -0.3 is 0 Å². The van der Waals surface area contributed by atoms with Gasteiger partial charge in [0.05, 0.1) is 18.1 Å². The van der Waals surface area contributed by atoms with E-state index in [-0.39, 0.29) is 0 Å². The zero-order valence-corrected chi connectivity index (χ0v) is 11.2. The molecule has 0 bridgehead atoms. The quantitative estimate of drug-likeness (QED) is 0.791. The maximum atomic E-state index is 4.45. The summed E-state index contributed by atoms with van der Waals surface area (Å²) in [5.41, 5.74) is 5.86. The summed E-state index contributed by atoms with van der Waals surface area (Å²) in [7, 11) is 0. The van der Waals surface area contributed by atoms with Gasteiger partial charge in [-0.15, -0.1) is 0 Å². The Morgan fingerprint density at radius 2 is 1.62 bits per heavy atom. The molecule has 2 rings (SSSR count). The van der Waals surface area contributed by atoms with Gasteiger partial charge in [-0.2, -0.15) is 0 Å². The summed E-state index contributed by atoms with van der Waals surface area (Å²) >= 11 is 3.35. The molecule has 0 saturated carbocycles. The van der Waals surface area contributed by atoms with E-state index in [0.717, 1.165) is 10.3 Å². The van der Waals surface area contributed by atoms with Crippen molar-refractivity contribution in [2.24, 2.45) is 0 Å². The first-order chi connectivity index (χ1) is 7.58. The molecule has 0 aliphatic rings. The second kappa shape index (κ2) is 4.34. The fourth-order valence-electron chi connectivity index (χ4n) is 2.05. The van der Waals surface area contributed by atoms with Gasteiger partial charge in [-0.05, 0) is 47.8 Å². The highest BCUT2D eigenvalue weighted by molar-refractivity contribution is 9.10. The lowest BCUT2D eigenvalue weighted by atomic mass is 9.98. The van der Waals surface area contributed by atoms with E-state index in [2.05, 4.69) is 58.8 Å². The molecule has 0 aliphatic carbocycles. The molecular formula is C13H13BrN2. The van der Waals surface area contributed by atoms with Crippen molar-refractivity contribution in [3.05, 3.63) is 45.8 Å². The van der Waals surface area contributed by atoms with Gasteiger partial charge in [-0.3, -0.25) is 4.98 Å². The first-order valence-corrected chi connectivity index (χ1v) is 5.93. The maximum absolute atomic E-state index is 4.45. The highest BCUT2D eigenvalue weighted by Gasteiger charge is 2.08. The van der Waals surface area contributed by atoms with Gasteiger partial charge in [-0.1, -0.05) is 17.7 Å². The van der Waals surface area contributed by atoms with Crippen molar-refractivity contribution >= 4 is 15.9 Å². The van der Waals surface area contributed by atoms with Crippen LogP contribution in [-0.2, 0) is 0 Å². The van der Waals surface area contributed by atoms with Gasteiger partial charge in [0.15, 0.2) is 0 Å². The molecule has 1 aromatic heterocycles. The molecule has 3 heteroatoms. The summed E-state index contributed by atoms with van der Waals surface area (Å²) in [6, 6.07) is 4.34. The van der Waals surface area contributed by atoms with Crippen molar-refractivity contribution in [1.82, 2.24) is 9.97 Å². The number of halogens is 1. The number of aryl methyl sites for hydroxylation is 3. The molecule has 0 amide bonds. The fraction of sp³-hybridized carbons (Fsp3) is 0.231. The van der Waals surface area contributed by atoms with Gasteiger partial charge in [0.2, 0.25) is 0 Å². The Morgan fingerprint density at radius 3 is 2.19 bits per heavy atom. The molecule has 0 N–H and O–H groups in total. The average Bonchev–Trinajstić information content (AvgIpc) is 2.15. The van der Waals surface area contributed by atoms with E-state index < -0.39 is 0 Å². The molecule has 2 aromatic rings. The summed E-state index contributed by atoms with van der Waals surface area (Å²) in [5, 5.41) is 0. The molecule has 16 heavy (non-hydrogen) atoms. The summed E-state index contributed by atoms with van der Waals surface area (Å²) in [4.78, 5) is 8.60. The van der Waals surface area contributed by atoms with Gasteiger partial charge in [0.25, 0.3) is 0 Å². The van der Waals surface area contributed by atoms with Crippen molar-refractivity contribution in [2.45, 2.75) is 20.8 Å². The first-order valence-electron chi connectivity index (χ1n) is 5.13. The summed E-state index contributed by atoms with van der Waals surface area (Å²) < 4.78 is 0.768. The number of nitrogens with zero attached hydrogens (tertiary/aromatic N) is 2. The number of hydrogen-bond acceptors (Lipinski definition) is 2. The molecule has 0 radical (unpaired) electrons. The summed E-state index contributed by atoms with van der Waals surface area (Å²) in [6.45, 7) is 6.33. The lowest BCUT2D eigenvalue weighted by Gasteiger charge is -2.10. The van der Waals surface area contributed by atoms with Crippen LogP contribution in [0, 0.1) is 20.8 Å². The molecule has 0 aliphatic heterocycles. The molecule has 0 saturated heterocycles. The van der Waals surface area contributed by atoms with E-state index in [0.29, 0.717) is 0 Å². The molecule has 0 atom stereocenters. The smallest absolute Gasteiger partial charge is 0.125 e. The lowest BCUT2D eigenvalue weighted by Crippen LogP contribution is -1.93. The highest BCUT2D eigenvalue weighted by Crippen LogP contribution is 2.26. The second-order valence-electron chi connectivity index (χ2n) is 4.00. The summed E-state index contributed by atoms with van der Waals surface area (Å²) in [5.74, 6) is 0. The molecule has 1 aromatic carbocycles. The van der Waals surface area contributed by atoms with E-state index in [4.69, 9.17) is 0 Å². The van der Waals surface area contributed by atoms with Crippen LogP contribution in [-0.4, -0.2) is 9.97 Å². The zero-order chi connectivity index (χ0) is 11.7. The van der Waals surface area contributed by atoms with Gasteiger partial charge in [-0.25, -0.2) is 4.98 Å². The SMILES string of the molecule is Cc1cc(C)c(-c2cncc(Br)n2)c(C)c1. The van der Waals surface area contributed by atoms with Crippen LogP contribution >= 0.6 is 15.9 Å². The maximum Gasteiger partial charge on any atom is 0.125 e. The Labute approximate surface area is 104 Å². The Balaban J connectivity index is 2.64. The molecule has 0 spiro atoms. The lowest BCUT2D eigenvalue weighted by molar-refractivity contribution is 1.15. The standard InChI is InChI=1S/C13H13BrN2/c1-8-4-9(2)13(10(3)5-8)11-6-15-7-12(14)16-11/h4-7H,1-3H3. The van der Waals surface area contributed by atoms with Crippen LogP contribution < -0.4 is 0 Å². The molecular weight excluding hydrogens is 264 g/mol. The van der Waals surface area contributed by atoms with Gasteiger partial charge >= 0.3 is 0 Å². The highest BCUT2D eigenvalue weighted by atomic mass is 79.9. The normalized spacial score (nSPS) is 10.5. The molecule has 2 nitrogen and oxygen atoms in total. The number of benzene rings is 1. The monoisotopic (exact) mass is 276 g/mol. The number of hydrogen-bond donors (Lipinski definition) is 0. The minimum absolute atomic E-state index is 0.768. The largest absolute Gasteiger partial charge is 0.260 e. The first kappa shape index (κ1) is 11.3. The molecule has 82 valence electrons. The van der Waals surface area contributed by atoms with Crippen LogP contribution in [0.3, 0.4) is 0 Å². The number of rotatable bonds is 1. The average molecular weight is 277 g/mol. The van der Waals surface area contributed by atoms with Crippen molar-refractivity contribution in [2.75, 3.05) is 0 Å². The van der Waals surface area contributed by atoms with Crippen LogP contribution in [0.2, 0.25) is 0 Å². The third kappa shape index (κ3) is 2.14. The molecule has 0 fully saturated rings. The molecule has 0 unspecified atom stereocenters. The minimum atomic E-state index is 0.768. The van der Waals surface area contributed by atoms with Crippen LogP contribution in [0.25, 0.3) is 11.3 Å². The van der Waals surface area contributed by atoms with Crippen LogP contribution in [0.4, 0.5) is 0 Å². The van der Waals surface area contributed by atoms with E-state index in [1.54, 1.807) is 12.4 Å². The van der Waals surface area contributed by atoms with Crippen LogP contribution in [0.5, 0.6) is 0 Å². The second-order valence-corrected chi connectivity index (χ2v) is 4.81. The summed E-state index contributed by atoms with van der Waals surface area (Å²) in [6.07, 6.45) is 3.50. The van der Waals surface area contributed by atoms with E-state index in [9.17, 15) is 0 Å². The van der Waals surface area contributed by atoms with Crippen LogP contribution in [0.1, 0.15) is 16.7 Å². The van der Waals surface area contributed by atoms with E-state index >= 15 is 0 Å².